The van der Waals surface area contributed by atoms with Crippen molar-refractivity contribution < 1.29 is 9.18 Å². The SMILES string of the molecule is O=C(Nc1ccc(-c2n[nH]c(C3CC3)n2)cc1)[C@H]1C[C@H](F)CN1. The maximum absolute atomic E-state index is 13.1. The van der Waals surface area contributed by atoms with E-state index in [1.165, 1.54) is 12.8 Å². The van der Waals surface area contributed by atoms with E-state index in [9.17, 15) is 9.18 Å². The molecule has 7 heteroatoms. The molecule has 1 saturated heterocycles. The summed E-state index contributed by atoms with van der Waals surface area (Å²) in [6.45, 7) is 0.241. The number of halogens is 1. The smallest absolute Gasteiger partial charge is 0.241 e. The second kappa shape index (κ2) is 5.73. The van der Waals surface area contributed by atoms with E-state index < -0.39 is 12.2 Å². The number of anilines is 1. The van der Waals surface area contributed by atoms with Crippen LogP contribution in [0.15, 0.2) is 24.3 Å². The van der Waals surface area contributed by atoms with Crippen LogP contribution < -0.4 is 10.6 Å². The summed E-state index contributed by atoms with van der Waals surface area (Å²) in [7, 11) is 0. The lowest BCUT2D eigenvalue weighted by Gasteiger charge is -2.11. The van der Waals surface area contributed by atoms with Gasteiger partial charge in [-0.1, -0.05) is 0 Å². The monoisotopic (exact) mass is 315 g/mol. The van der Waals surface area contributed by atoms with Gasteiger partial charge in [0.1, 0.15) is 12.0 Å². The van der Waals surface area contributed by atoms with E-state index in [1.807, 2.05) is 24.3 Å². The number of hydrogen-bond acceptors (Lipinski definition) is 4. The molecule has 0 unspecified atom stereocenters. The van der Waals surface area contributed by atoms with Crippen molar-refractivity contribution in [2.75, 3.05) is 11.9 Å². The van der Waals surface area contributed by atoms with E-state index in [4.69, 9.17) is 0 Å². The van der Waals surface area contributed by atoms with Crippen LogP contribution in [-0.2, 0) is 4.79 Å². The Morgan fingerprint density at radius 3 is 2.70 bits per heavy atom. The second-order valence-electron chi connectivity index (χ2n) is 6.18. The third-order valence-corrected chi connectivity index (χ3v) is 4.27. The Bertz CT molecular complexity index is 710. The molecule has 1 aromatic heterocycles. The number of aromatic amines is 1. The number of alkyl halides is 1. The van der Waals surface area contributed by atoms with Gasteiger partial charge in [-0.15, -0.1) is 0 Å². The largest absolute Gasteiger partial charge is 0.325 e. The third-order valence-electron chi connectivity index (χ3n) is 4.27. The molecule has 3 N–H and O–H groups in total. The molecule has 0 spiro atoms. The molecule has 23 heavy (non-hydrogen) atoms. The summed E-state index contributed by atoms with van der Waals surface area (Å²) in [5.74, 6) is 1.95. The zero-order valence-corrected chi connectivity index (χ0v) is 12.6. The number of aromatic nitrogens is 3. The van der Waals surface area contributed by atoms with Crippen molar-refractivity contribution in [3.8, 4) is 11.4 Å². The minimum Gasteiger partial charge on any atom is -0.325 e. The van der Waals surface area contributed by atoms with Crippen molar-refractivity contribution in [2.24, 2.45) is 0 Å². The lowest BCUT2D eigenvalue weighted by Crippen LogP contribution is -2.35. The highest BCUT2D eigenvalue weighted by Crippen LogP contribution is 2.38. The summed E-state index contributed by atoms with van der Waals surface area (Å²) in [6.07, 6.45) is 1.63. The topological polar surface area (TPSA) is 82.7 Å². The molecule has 4 rings (SSSR count). The van der Waals surface area contributed by atoms with E-state index in [1.54, 1.807) is 0 Å². The quantitative estimate of drug-likeness (QED) is 0.806. The maximum atomic E-state index is 13.1. The number of H-pyrrole nitrogens is 1. The van der Waals surface area contributed by atoms with Crippen LogP contribution in [0.25, 0.3) is 11.4 Å². The van der Waals surface area contributed by atoms with Crippen molar-refractivity contribution in [1.29, 1.82) is 0 Å². The number of benzene rings is 1. The first kappa shape index (κ1) is 14.3. The molecule has 2 atom stereocenters. The Morgan fingerprint density at radius 1 is 1.26 bits per heavy atom. The van der Waals surface area contributed by atoms with Crippen molar-refractivity contribution >= 4 is 11.6 Å². The van der Waals surface area contributed by atoms with E-state index in [0.29, 0.717) is 17.4 Å². The van der Waals surface area contributed by atoms with Gasteiger partial charge in [-0.05, 0) is 37.1 Å². The van der Waals surface area contributed by atoms with Crippen molar-refractivity contribution in [3.05, 3.63) is 30.1 Å². The van der Waals surface area contributed by atoms with Gasteiger partial charge in [-0.2, -0.15) is 5.10 Å². The molecule has 120 valence electrons. The number of carbonyl (C=O) groups is 1. The predicted molar refractivity (Wildman–Crippen MR) is 83.7 cm³/mol. The van der Waals surface area contributed by atoms with Crippen LogP contribution in [0.3, 0.4) is 0 Å². The maximum Gasteiger partial charge on any atom is 0.241 e. The highest BCUT2D eigenvalue weighted by atomic mass is 19.1. The minimum atomic E-state index is -0.945. The van der Waals surface area contributed by atoms with Gasteiger partial charge < -0.3 is 10.6 Å². The predicted octanol–water partition coefficient (Wildman–Crippen LogP) is 1.99. The summed E-state index contributed by atoms with van der Waals surface area (Å²) in [6, 6.07) is 6.90. The fraction of sp³-hybridized carbons (Fsp3) is 0.438. The molecular formula is C16H18FN5O. The molecule has 1 amide bonds. The van der Waals surface area contributed by atoms with E-state index in [-0.39, 0.29) is 18.9 Å². The molecule has 1 aliphatic heterocycles. The van der Waals surface area contributed by atoms with Crippen molar-refractivity contribution in [3.63, 3.8) is 0 Å². The molecule has 0 bridgehead atoms. The molecule has 0 radical (unpaired) electrons. The first-order valence-corrected chi connectivity index (χ1v) is 7.90. The number of amides is 1. The van der Waals surface area contributed by atoms with Crippen LogP contribution in [0.4, 0.5) is 10.1 Å². The molecular weight excluding hydrogens is 297 g/mol. The van der Waals surface area contributed by atoms with E-state index in [2.05, 4.69) is 25.8 Å². The highest BCUT2D eigenvalue weighted by Gasteiger charge is 2.29. The van der Waals surface area contributed by atoms with Crippen molar-refractivity contribution in [1.82, 2.24) is 20.5 Å². The Labute approximate surface area is 132 Å². The number of rotatable bonds is 4. The van der Waals surface area contributed by atoms with E-state index in [0.717, 1.165) is 11.4 Å². The summed E-state index contributed by atoms with van der Waals surface area (Å²) in [5.41, 5.74) is 1.58. The van der Waals surface area contributed by atoms with Gasteiger partial charge in [0, 0.05) is 30.1 Å². The zero-order chi connectivity index (χ0) is 15.8. The van der Waals surface area contributed by atoms with Gasteiger partial charge in [0.2, 0.25) is 5.91 Å². The minimum absolute atomic E-state index is 0.202. The summed E-state index contributed by atoms with van der Waals surface area (Å²) in [5, 5.41) is 12.9. The van der Waals surface area contributed by atoms with Gasteiger partial charge in [0.15, 0.2) is 5.82 Å². The Hall–Kier alpha value is -2.28. The number of hydrogen-bond donors (Lipinski definition) is 3. The average Bonchev–Trinajstić information content (AvgIpc) is 3.12. The average molecular weight is 315 g/mol. The van der Waals surface area contributed by atoms with Crippen LogP contribution in [0.5, 0.6) is 0 Å². The number of nitrogens with one attached hydrogen (secondary N) is 3. The van der Waals surface area contributed by atoms with Gasteiger partial charge in [-0.3, -0.25) is 9.89 Å². The summed E-state index contributed by atoms with van der Waals surface area (Å²) in [4.78, 5) is 16.5. The van der Waals surface area contributed by atoms with Gasteiger partial charge in [0.05, 0.1) is 6.04 Å². The molecule has 1 aliphatic carbocycles. The number of carbonyl (C=O) groups excluding carboxylic acids is 1. The second-order valence-corrected chi connectivity index (χ2v) is 6.18. The zero-order valence-electron chi connectivity index (χ0n) is 12.6. The molecule has 1 saturated carbocycles. The molecule has 2 heterocycles. The summed E-state index contributed by atoms with van der Waals surface area (Å²) < 4.78 is 13.1. The Kier molecular flexibility index (Phi) is 3.57. The van der Waals surface area contributed by atoms with Crippen LogP contribution in [0, 0.1) is 0 Å². The normalized spacial score (nSPS) is 23.9. The molecule has 6 nitrogen and oxygen atoms in total. The van der Waals surface area contributed by atoms with Crippen LogP contribution in [0.1, 0.15) is 31.0 Å². The molecule has 2 aliphatic rings. The molecule has 2 fully saturated rings. The van der Waals surface area contributed by atoms with Crippen molar-refractivity contribution in [2.45, 2.75) is 37.4 Å². The number of nitrogens with zero attached hydrogens (tertiary/aromatic N) is 2. The van der Waals surface area contributed by atoms with Gasteiger partial charge in [0.25, 0.3) is 0 Å². The van der Waals surface area contributed by atoms with Crippen LogP contribution >= 0.6 is 0 Å². The fourth-order valence-electron chi connectivity index (χ4n) is 2.77. The lowest BCUT2D eigenvalue weighted by molar-refractivity contribution is -0.117. The van der Waals surface area contributed by atoms with Crippen LogP contribution in [-0.4, -0.2) is 39.8 Å². The first-order chi connectivity index (χ1) is 11.2. The lowest BCUT2D eigenvalue weighted by atomic mass is 10.1. The third kappa shape index (κ3) is 3.10. The standard InChI is InChI=1S/C16H18FN5O/c17-11-7-13(18-8-11)16(23)19-12-5-3-10(4-6-12)15-20-14(21-22-15)9-1-2-9/h3-6,9,11,13,18H,1-2,7-8H2,(H,19,23)(H,20,21,22)/t11-,13+/m0/s1. The van der Waals surface area contributed by atoms with E-state index >= 15 is 0 Å². The fourth-order valence-corrected chi connectivity index (χ4v) is 2.77. The molecule has 2 aromatic rings. The Morgan fingerprint density at radius 2 is 2.04 bits per heavy atom. The highest BCUT2D eigenvalue weighted by molar-refractivity contribution is 5.95. The van der Waals surface area contributed by atoms with Crippen LogP contribution in [0.2, 0.25) is 0 Å². The molecule has 1 aromatic carbocycles. The van der Waals surface area contributed by atoms with Gasteiger partial charge >= 0.3 is 0 Å². The first-order valence-electron chi connectivity index (χ1n) is 7.90. The van der Waals surface area contributed by atoms with Gasteiger partial charge in [-0.25, -0.2) is 9.37 Å². The Balaban J connectivity index is 1.41. The summed E-state index contributed by atoms with van der Waals surface area (Å²) >= 11 is 0.